The van der Waals surface area contributed by atoms with Gasteiger partial charge in [0, 0.05) is 22.2 Å². The van der Waals surface area contributed by atoms with Crippen molar-refractivity contribution >= 4 is 33.9 Å². The van der Waals surface area contributed by atoms with Gasteiger partial charge < -0.3 is 14.8 Å². The van der Waals surface area contributed by atoms with Crippen LogP contribution < -0.4 is 10.1 Å². The van der Waals surface area contributed by atoms with E-state index in [4.69, 9.17) is 9.47 Å². The molecule has 1 N–H and O–H groups in total. The molecule has 6 heteroatoms. The van der Waals surface area contributed by atoms with Crippen LogP contribution in [0.3, 0.4) is 0 Å². The lowest BCUT2D eigenvalue weighted by Crippen LogP contribution is -2.30. The van der Waals surface area contributed by atoms with E-state index in [1.54, 1.807) is 19.3 Å². The van der Waals surface area contributed by atoms with Crippen LogP contribution >= 0.6 is 15.9 Å². The molecule has 0 bridgehead atoms. The molecular formula is C15H16BrNO4. The molecule has 21 heavy (non-hydrogen) atoms. The van der Waals surface area contributed by atoms with Crippen molar-refractivity contribution in [3.8, 4) is 5.75 Å². The van der Waals surface area contributed by atoms with Gasteiger partial charge in [-0.2, -0.15) is 0 Å². The number of halogens is 1. The SMILES string of the molecule is COc1ccc(Br)cc1/C=C/C(=O)OCC(=O)NC1CC1. The monoisotopic (exact) mass is 353 g/mol. The highest BCUT2D eigenvalue weighted by molar-refractivity contribution is 9.10. The predicted molar refractivity (Wildman–Crippen MR) is 81.9 cm³/mol. The second-order valence-corrected chi connectivity index (χ2v) is 5.58. The van der Waals surface area contributed by atoms with E-state index >= 15 is 0 Å². The zero-order valence-electron chi connectivity index (χ0n) is 11.6. The van der Waals surface area contributed by atoms with Crippen LogP contribution in [0, 0.1) is 0 Å². The summed E-state index contributed by atoms with van der Waals surface area (Å²) in [5.41, 5.74) is 0.742. The van der Waals surface area contributed by atoms with Crippen LogP contribution in [-0.2, 0) is 14.3 Å². The number of hydrogen-bond donors (Lipinski definition) is 1. The Morgan fingerprint density at radius 1 is 1.43 bits per heavy atom. The molecule has 0 unspecified atom stereocenters. The summed E-state index contributed by atoms with van der Waals surface area (Å²) in [5.74, 6) is -0.184. The Hall–Kier alpha value is -1.82. The van der Waals surface area contributed by atoms with Gasteiger partial charge >= 0.3 is 5.97 Å². The Bertz CT molecular complexity index is 567. The topological polar surface area (TPSA) is 64.6 Å². The van der Waals surface area contributed by atoms with Gasteiger partial charge in [-0.1, -0.05) is 15.9 Å². The first kappa shape index (κ1) is 15.6. The van der Waals surface area contributed by atoms with Crippen molar-refractivity contribution in [2.24, 2.45) is 0 Å². The number of esters is 1. The lowest BCUT2D eigenvalue weighted by atomic mass is 10.2. The van der Waals surface area contributed by atoms with E-state index in [9.17, 15) is 9.59 Å². The van der Waals surface area contributed by atoms with Gasteiger partial charge in [-0.15, -0.1) is 0 Å². The minimum atomic E-state index is -0.567. The molecule has 0 heterocycles. The van der Waals surface area contributed by atoms with Gasteiger partial charge in [0.15, 0.2) is 6.61 Å². The average Bonchev–Trinajstić information content (AvgIpc) is 3.27. The third-order valence-corrected chi connectivity index (χ3v) is 3.37. The number of rotatable bonds is 6. The van der Waals surface area contributed by atoms with Crippen molar-refractivity contribution in [1.29, 1.82) is 0 Å². The minimum absolute atomic E-state index is 0.255. The standard InChI is InChI=1S/C15H16BrNO4/c1-20-13-6-3-11(16)8-10(13)2-7-15(19)21-9-14(18)17-12-4-5-12/h2-3,6-8,12H,4-5,9H2,1H3,(H,17,18)/b7-2+. The lowest BCUT2D eigenvalue weighted by molar-refractivity contribution is -0.143. The number of methoxy groups -OCH3 is 1. The number of carbonyl (C=O) groups excluding carboxylic acids is 2. The first-order valence-corrected chi connectivity index (χ1v) is 7.35. The summed E-state index contributed by atoms with van der Waals surface area (Å²) in [6, 6.07) is 5.72. The van der Waals surface area contributed by atoms with Crippen LogP contribution in [0.1, 0.15) is 18.4 Å². The van der Waals surface area contributed by atoms with Crippen molar-refractivity contribution in [3.63, 3.8) is 0 Å². The molecule has 2 rings (SSSR count). The number of amides is 1. The molecule has 0 aromatic heterocycles. The lowest BCUT2D eigenvalue weighted by Gasteiger charge is -2.05. The van der Waals surface area contributed by atoms with Gasteiger partial charge in [0.25, 0.3) is 5.91 Å². The maximum absolute atomic E-state index is 11.6. The number of benzene rings is 1. The highest BCUT2D eigenvalue weighted by Crippen LogP contribution is 2.24. The normalized spacial score (nSPS) is 14.0. The molecule has 0 aliphatic heterocycles. The Balaban J connectivity index is 1.86. The second kappa shape index (κ2) is 7.26. The van der Waals surface area contributed by atoms with Crippen molar-refractivity contribution in [1.82, 2.24) is 5.32 Å². The molecule has 1 aliphatic rings. The van der Waals surface area contributed by atoms with Crippen molar-refractivity contribution in [2.45, 2.75) is 18.9 Å². The molecule has 1 aliphatic carbocycles. The second-order valence-electron chi connectivity index (χ2n) is 4.67. The number of carbonyl (C=O) groups is 2. The fourth-order valence-corrected chi connectivity index (χ4v) is 2.05. The first-order chi connectivity index (χ1) is 10.1. The van der Waals surface area contributed by atoms with Crippen molar-refractivity contribution in [2.75, 3.05) is 13.7 Å². The summed E-state index contributed by atoms with van der Waals surface area (Å²) in [7, 11) is 1.56. The van der Waals surface area contributed by atoms with Crippen LogP contribution in [0.25, 0.3) is 6.08 Å². The molecule has 0 spiro atoms. The average molecular weight is 354 g/mol. The van der Waals surface area contributed by atoms with Gasteiger partial charge in [0.05, 0.1) is 7.11 Å². The molecule has 0 saturated heterocycles. The molecule has 1 aromatic carbocycles. The quantitative estimate of drug-likeness (QED) is 0.629. The summed E-state index contributed by atoms with van der Waals surface area (Å²) < 4.78 is 10.9. The Morgan fingerprint density at radius 2 is 2.19 bits per heavy atom. The van der Waals surface area contributed by atoms with Gasteiger partial charge in [-0.05, 0) is 37.1 Å². The van der Waals surface area contributed by atoms with Crippen molar-refractivity contribution in [3.05, 3.63) is 34.3 Å². The molecule has 1 fully saturated rings. The molecule has 1 saturated carbocycles. The van der Waals surface area contributed by atoms with E-state index in [0.29, 0.717) is 5.75 Å². The summed E-state index contributed by atoms with van der Waals surface area (Å²) in [5, 5.41) is 2.74. The zero-order chi connectivity index (χ0) is 15.2. The number of ether oxygens (including phenoxy) is 2. The highest BCUT2D eigenvalue weighted by atomic mass is 79.9. The van der Waals surface area contributed by atoms with Gasteiger partial charge in [0.2, 0.25) is 0 Å². The van der Waals surface area contributed by atoms with Crippen molar-refractivity contribution < 1.29 is 19.1 Å². The number of nitrogens with one attached hydrogen (secondary N) is 1. The van der Waals surface area contributed by atoms with E-state index in [-0.39, 0.29) is 18.6 Å². The smallest absolute Gasteiger partial charge is 0.331 e. The Labute approximate surface area is 131 Å². The first-order valence-electron chi connectivity index (χ1n) is 6.56. The van der Waals surface area contributed by atoms with Crippen LogP contribution in [0.15, 0.2) is 28.7 Å². The highest BCUT2D eigenvalue weighted by Gasteiger charge is 2.23. The molecule has 1 amide bonds. The Morgan fingerprint density at radius 3 is 2.86 bits per heavy atom. The van der Waals surface area contributed by atoms with Crippen LogP contribution in [0.4, 0.5) is 0 Å². The van der Waals surface area contributed by atoms with E-state index in [1.807, 2.05) is 12.1 Å². The Kier molecular flexibility index (Phi) is 5.38. The maximum atomic E-state index is 11.6. The fourth-order valence-electron chi connectivity index (χ4n) is 1.68. The fraction of sp³-hybridized carbons (Fsp3) is 0.333. The summed E-state index contributed by atoms with van der Waals surface area (Å²) in [6.07, 6.45) is 4.87. The minimum Gasteiger partial charge on any atom is -0.496 e. The molecule has 1 aromatic rings. The van der Waals surface area contributed by atoms with Crippen LogP contribution in [0.5, 0.6) is 5.75 Å². The van der Waals surface area contributed by atoms with E-state index in [0.717, 1.165) is 22.9 Å². The zero-order valence-corrected chi connectivity index (χ0v) is 13.2. The summed E-state index contributed by atoms with van der Waals surface area (Å²) in [6.45, 7) is -0.255. The largest absolute Gasteiger partial charge is 0.496 e. The third-order valence-electron chi connectivity index (χ3n) is 2.88. The van der Waals surface area contributed by atoms with E-state index in [1.165, 1.54) is 6.08 Å². The molecular weight excluding hydrogens is 338 g/mol. The van der Waals surface area contributed by atoms with Gasteiger partial charge in [-0.25, -0.2) is 4.79 Å². The molecule has 0 atom stereocenters. The molecule has 112 valence electrons. The third kappa shape index (κ3) is 5.23. The van der Waals surface area contributed by atoms with E-state index in [2.05, 4.69) is 21.2 Å². The maximum Gasteiger partial charge on any atom is 0.331 e. The van der Waals surface area contributed by atoms with Crippen LogP contribution in [-0.4, -0.2) is 31.6 Å². The molecule has 0 radical (unpaired) electrons. The predicted octanol–water partition coefficient (Wildman–Crippen LogP) is 2.29. The van der Waals surface area contributed by atoms with Crippen LogP contribution in [0.2, 0.25) is 0 Å². The summed E-state index contributed by atoms with van der Waals surface area (Å²) >= 11 is 3.35. The summed E-state index contributed by atoms with van der Waals surface area (Å²) in [4.78, 5) is 22.9. The van der Waals surface area contributed by atoms with Gasteiger partial charge in [0.1, 0.15) is 5.75 Å². The number of hydrogen-bond acceptors (Lipinski definition) is 4. The van der Waals surface area contributed by atoms with Gasteiger partial charge in [-0.3, -0.25) is 4.79 Å². The van der Waals surface area contributed by atoms with E-state index < -0.39 is 5.97 Å². The molecule has 5 nitrogen and oxygen atoms in total.